The normalized spacial score (nSPS) is 21.0. The monoisotopic (exact) mass is 705 g/mol. The van der Waals surface area contributed by atoms with Crippen molar-refractivity contribution in [1.82, 2.24) is 24.7 Å². The van der Waals surface area contributed by atoms with Crippen molar-refractivity contribution in [2.75, 3.05) is 18.6 Å². The molecule has 2 aromatic carbocycles. The van der Waals surface area contributed by atoms with Gasteiger partial charge < -0.3 is 9.72 Å². The SMILES string of the molecule is COC(=O)Cc1cccc([C@@]2(C)CCCC(C)(C)CS(=O)(=O)CCc3c(c(F)cc4[nH]ccc34)S(=O)c3ccnc(c3)-c3nc2nn3C)c1. The predicted molar refractivity (Wildman–Crippen MR) is 186 cm³/mol. The van der Waals surface area contributed by atoms with Crippen LogP contribution in [0.1, 0.15) is 62.5 Å². The van der Waals surface area contributed by atoms with Crippen molar-refractivity contribution in [1.29, 1.82) is 0 Å². The van der Waals surface area contributed by atoms with Gasteiger partial charge in [-0.15, -0.1) is 0 Å². The number of H-pyrrole nitrogens is 1. The number of nitrogens with zero attached hydrogens (tertiary/aromatic N) is 4. The Morgan fingerprint density at radius 2 is 1.92 bits per heavy atom. The Hall–Kier alpha value is -4.23. The first-order valence-electron chi connectivity index (χ1n) is 16.1. The molecular weight excluding hydrogens is 666 g/mol. The zero-order chi connectivity index (χ0) is 35.1. The Kier molecular flexibility index (Phi) is 9.35. The number of halogens is 1. The molecule has 0 amide bonds. The first-order chi connectivity index (χ1) is 23.2. The van der Waals surface area contributed by atoms with Crippen LogP contribution in [0, 0.1) is 11.2 Å². The molecule has 0 fully saturated rings. The van der Waals surface area contributed by atoms with E-state index in [0.717, 1.165) is 11.1 Å². The number of aryl methyl sites for hydroxylation is 2. The molecule has 0 spiro atoms. The summed E-state index contributed by atoms with van der Waals surface area (Å²) in [7, 11) is -2.49. The molecule has 258 valence electrons. The van der Waals surface area contributed by atoms with Crippen LogP contribution in [0.2, 0.25) is 0 Å². The van der Waals surface area contributed by atoms with E-state index in [1.165, 1.54) is 19.4 Å². The molecule has 1 unspecified atom stereocenters. The van der Waals surface area contributed by atoms with Gasteiger partial charge in [-0.1, -0.05) is 44.5 Å². The van der Waals surface area contributed by atoms with Crippen molar-refractivity contribution >= 4 is 37.5 Å². The van der Waals surface area contributed by atoms with Crippen molar-refractivity contribution in [3.05, 3.63) is 89.3 Å². The third-order valence-electron chi connectivity index (χ3n) is 9.43. The van der Waals surface area contributed by atoms with E-state index in [-0.39, 0.29) is 35.2 Å². The van der Waals surface area contributed by atoms with Gasteiger partial charge in [0.25, 0.3) is 0 Å². The van der Waals surface area contributed by atoms with Gasteiger partial charge in [0.1, 0.15) is 11.5 Å². The van der Waals surface area contributed by atoms with E-state index in [9.17, 15) is 17.4 Å². The number of sulfone groups is 1. The van der Waals surface area contributed by atoms with E-state index >= 15 is 4.39 Å². The Bertz CT molecular complexity index is 2190. The number of hydrogen-bond donors (Lipinski definition) is 1. The number of fused-ring (bicyclic) bond motifs is 8. The van der Waals surface area contributed by atoms with Crippen molar-refractivity contribution in [2.45, 2.75) is 68.1 Å². The molecule has 6 rings (SSSR count). The fourth-order valence-corrected chi connectivity index (χ4v) is 10.2. The number of methoxy groups -OCH3 is 1. The molecule has 0 radical (unpaired) electrons. The summed E-state index contributed by atoms with van der Waals surface area (Å²) in [5.74, 6) is -0.340. The largest absolute Gasteiger partial charge is 0.469 e. The number of aromatic nitrogens is 5. The fraction of sp³-hybridized carbons (Fsp3) is 0.389. The molecule has 0 saturated carbocycles. The van der Waals surface area contributed by atoms with Gasteiger partial charge in [-0.3, -0.25) is 9.78 Å². The smallest absolute Gasteiger partial charge is 0.309 e. The van der Waals surface area contributed by atoms with Crippen molar-refractivity contribution in [2.24, 2.45) is 12.5 Å². The average molecular weight is 706 g/mol. The molecule has 1 aliphatic rings. The average Bonchev–Trinajstić information content (AvgIpc) is 3.69. The van der Waals surface area contributed by atoms with Crippen LogP contribution in [0.4, 0.5) is 4.39 Å². The maximum absolute atomic E-state index is 15.8. The van der Waals surface area contributed by atoms with Crippen LogP contribution in [0.3, 0.4) is 0 Å². The number of benzene rings is 2. The minimum atomic E-state index is -3.60. The molecule has 1 N–H and O–H groups in total. The first kappa shape index (κ1) is 34.6. The van der Waals surface area contributed by atoms with E-state index in [0.29, 0.717) is 58.0 Å². The maximum atomic E-state index is 15.8. The zero-order valence-corrected chi connectivity index (χ0v) is 29.9. The summed E-state index contributed by atoms with van der Waals surface area (Å²) in [5.41, 5.74) is 1.70. The molecule has 13 heteroatoms. The highest BCUT2D eigenvalue weighted by Gasteiger charge is 2.36. The van der Waals surface area contributed by atoms with Crippen LogP contribution >= 0.6 is 0 Å². The van der Waals surface area contributed by atoms with E-state index in [1.807, 2.05) is 45.0 Å². The first-order valence-corrected chi connectivity index (χ1v) is 19.1. The maximum Gasteiger partial charge on any atom is 0.309 e. The molecule has 4 heterocycles. The summed E-state index contributed by atoms with van der Waals surface area (Å²) in [6.45, 7) is 5.94. The molecule has 10 nitrogen and oxygen atoms in total. The van der Waals surface area contributed by atoms with Gasteiger partial charge in [-0.05, 0) is 72.6 Å². The van der Waals surface area contributed by atoms with Gasteiger partial charge in [0, 0.05) is 35.2 Å². The van der Waals surface area contributed by atoms with E-state index in [4.69, 9.17) is 14.8 Å². The Morgan fingerprint density at radius 1 is 1.12 bits per heavy atom. The standard InChI is InChI=1S/C36H40FN5O5S2/c1-35(2)13-7-14-36(3,24-9-6-8-23(18-24)19-31(43)47-5)34-40-33(42(4)41-34)30-20-25(10-15-39-30)48(44)32-27(12-17-49(45,46)22-35)26-11-16-38-29(26)21-28(32)37/h6,8-11,15-16,18,20-21,38H,7,12-14,17,19,22H2,1-5H3/t36-,48?/m1/s1. The summed E-state index contributed by atoms with van der Waals surface area (Å²) in [6.07, 6.45) is 5.15. The van der Waals surface area contributed by atoms with E-state index < -0.39 is 37.3 Å². The lowest BCUT2D eigenvalue weighted by atomic mass is 9.75. The van der Waals surface area contributed by atoms with Gasteiger partial charge >= 0.3 is 5.97 Å². The number of esters is 1. The summed E-state index contributed by atoms with van der Waals surface area (Å²) >= 11 is 0. The highest BCUT2D eigenvalue weighted by atomic mass is 32.2. The third kappa shape index (κ3) is 7.09. The molecule has 2 atom stereocenters. The van der Waals surface area contributed by atoms with Gasteiger partial charge in [0.05, 0.1) is 46.1 Å². The minimum Gasteiger partial charge on any atom is -0.469 e. The number of aromatic amines is 1. The molecule has 5 aromatic rings. The van der Waals surface area contributed by atoms with E-state index in [1.54, 1.807) is 36.1 Å². The van der Waals surface area contributed by atoms with E-state index in [2.05, 4.69) is 9.97 Å². The quantitative estimate of drug-likeness (QED) is 0.231. The van der Waals surface area contributed by atoms with Crippen LogP contribution in [0.25, 0.3) is 22.4 Å². The molecule has 3 aromatic heterocycles. The number of ether oxygens (including phenoxy) is 1. The van der Waals surface area contributed by atoms with Gasteiger partial charge in [-0.25, -0.2) is 26.7 Å². The fourth-order valence-electron chi connectivity index (χ4n) is 6.85. The van der Waals surface area contributed by atoms with Gasteiger partial charge in [0.2, 0.25) is 0 Å². The summed E-state index contributed by atoms with van der Waals surface area (Å²) in [5, 5.41) is 5.49. The third-order valence-corrected chi connectivity index (χ3v) is 13.0. The number of hydrogen-bond acceptors (Lipinski definition) is 8. The topological polar surface area (TPSA) is 137 Å². The number of pyridine rings is 1. The molecule has 0 saturated heterocycles. The Morgan fingerprint density at radius 3 is 2.69 bits per heavy atom. The predicted octanol–water partition coefficient (Wildman–Crippen LogP) is 5.85. The Labute approximate surface area is 287 Å². The van der Waals surface area contributed by atoms with Gasteiger partial charge in [-0.2, -0.15) is 5.10 Å². The lowest BCUT2D eigenvalue weighted by Crippen LogP contribution is -2.29. The highest BCUT2D eigenvalue weighted by Crippen LogP contribution is 2.39. The number of rotatable bonds is 3. The van der Waals surface area contributed by atoms with Crippen molar-refractivity contribution in [3.8, 4) is 11.5 Å². The molecule has 4 bridgehead atoms. The lowest BCUT2D eigenvalue weighted by Gasteiger charge is -2.30. The van der Waals surface area contributed by atoms with Crippen LogP contribution in [-0.2, 0) is 55.5 Å². The number of carbonyl (C=O) groups is 1. The van der Waals surface area contributed by atoms with Crippen LogP contribution < -0.4 is 0 Å². The summed E-state index contributed by atoms with van der Waals surface area (Å²) in [6, 6.07) is 13.9. The van der Waals surface area contributed by atoms with Crippen molar-refractivity contribution in [3.63, 3.8) is 0 Å². The lowest BCUT2D eigenvalue weighted by molar-refractivity contribution is -0.139. The van der Waals surface area contributed by atoms with Gasteiger partial charge in [0.15, 0.2) is 21.5 Å². The van der Waals surface area contributed by atoms with Crippen LogP contribution in [-0.4, -0.2) is 61.9 Å². The second-order valence-corrected chi connectivity index (χ2v) is 17.4. The highest BCUT2D eigenvalue weighted by molar-refractivity contribution is 7.91. The Balaban J connectivity index is 1.51. The molecule has 0 aliphatic carbocycles. The van der Waals surface area contributed by atoms with Crippen molar-refractivity contribution < 1.29 is 26.5 Å². The second-order valence-electron chi connectivity index (χ2n) is 13.8. The zero-order valence-electron chi connectivity index (χ0n) is 28.2. The minimum absolute atomic E-state index is 0.0101. The summed E-state index contributed by atoms with van der Waals surface area (Å²) < 4.78 is 63.9. The molecular formula is C36H40FN5O5S2. The second kappa shape index (κ2) is 13.2. The summed E-state index contributed by atoms with van der Waals surface area (Å²) in [4.78, 5) is 24.9. The molecule has 1 aliphatic heterocycles. The van der Waals surface area contributed by atoms with Crippen LogP contribution in [0.15, 0.2) is 70.7 Å². The number of carbonyl (C=O) groups excluding carboxylic acids is 1. The molecule has 49 heavy (non-hydrogen) atoms. The van der Waals surface area contributed by atoms with Crippen LogP contribution in [0.5, 0.6) is 0 Å². The number of nitrogens with one attached hydrogen (secondary N) is 1.